The van der Waals surface area contributed by atoms with Crippen LogP contribution in [0.15, 0.2) is 45.6 Å². The number of hydrogen-bond donors (Lipinski definition) is 0. The molecule has 3 aromatic rings. The van der Waals surface area contributed by atoms with E-state index >= 15 is 0 Å². The summed E-state index contributed by atoms with van der Waals surface area (Å²) >= 11 is 0. The molecule has 1 unspecified atom stereocenters. The van der Waals surface area contributed by atoms with Crippen molar-refractivity contribution in [2.24, 2.45) is 0 Å². The topological polar surface area (TPSA) is 81.5 Å². The van der Waals surface area contributed by atoms with Crippen molar-refractivity contribution in [3.63, 3.8) is 0 Å². The Bertz CT molecular complexity index is 1380. The highest BCUT2D eigenvalue weighted by molar-refractivity contribution is 5.99. The molecule has 0 saturated carbocycles. The molecular formula is C31H38N2O6. The Morgan fingerprint density at radius 1 is 0.949 bits per heavy atom. The van der Waals surface area contributed by atoms with Crippen molar-refractivity contribution < 1.29 is 23.4 Å². The molecule has 0 aliphatic carbocycles. The van der Waals surface area contributed by atoms with Crippen molar-refractivity contribution in [2.45, 2.75) is 46.1 Å². The molecule has 0 spiro atoms. The summed E-state index contributed by atoms with van der Waals surface area (Å²) < 4.78 is 23.6. The van der Waals surface area contributed by atoms with Gasteiger partial charge in [0.25, 0.3) is 5.91 Å². The fraction of sp³-hybridized carbons (Fsp3) is 0.484. The van der Waals surface area contributed by atoms with E-state index < -0.39 is 6.04 Å². The quantitative estimate of drug-likeness (QED) is 0.322. The van der Waals surface area contributed by atoms with Gasteiger partial charge in [0, 0.05) is 26.2 Å². The number of ether oxygens (including phenoxy) is 3. The molecule has 0 N–H and O–H groups in total. The van der Waals surface area contributed by atoms with Gasteiger partial charge in [0.15, 0.2) is 16.9 Å². The first kappa shape index (κ1) is 27.2. The van der Waals surface area contributed by atoms with Gasteiger partial charge in [-0.15, -0.1) is 0 Å². The van der Waals surface area contributed by atoms with E-state index in [0.29, 0.717) is 67.5 Å². The van der Waals surface area contributed by atoms with Gasteiger partial charge in [-0.1, -0.05) is 37.5 Å². The van der Waals surface area contributed by atoms with Crippen LogP contribution in [0.25, 0.3) is 11.0 Å². The summed E-state index contributed by atoms with van der Waals surface area (Å²) in [6.07, 6.45) is 3.19. The van der Waals surface area contributed by atoms with E-state index in [1.165, 1.54) is 0 Å². The molecule has 208 valence electrons. The van der Waals surface area contributed by atoms with Crippen molar-refractivity contribution in [2.75, 3.05) is 52.6 Å². The van der Waals surface area contributed by atoms with E-state index in [4.69, 9.17) is 18.6 Å². The molecule has 1 atom stereocenters. The minimum absolute atomic E-state index is 0.126. The number of carbonyl (C=O) groups is 1. The molecule has 8 nitrogen and oxygen atoms in total. The fourth-order valence-electron chi connectivity index (χ4n) is 5.40. The van der Waals surface area contributed by atoms with E-state index in [2.05, 4.69) is 11.8 Å². The van der Waals surface area contributed by atoms with Crippen LogP contribution in [0.4, 0.5) is 0 Å². The van der Waals surface area contributed by atoms with Crippen LogP contribution in [0, 0.1) is 6.92 Å². The lowest BCUT2D eigenvalue weighted by molar-refractivity contribution is 0.0314. The number of hydrogen-bond acceptors (Lipinski definition) is 7. The molecule has 1 fully saturated rings. The Labute approximate surface area is 229 Å². The van der Waals surface area contributed by atoms with Crippen LogP contribution in [-0.4, -0.2) is 68.3 Å². The second-order valence-corrected chi connectivity index (χ2v) is 10.2. The van der Waals surface area contributed by atoms with Crippen LogP contribution in [0.2, 0.25) is 0 Å². The number of morpholine rings is 1. The van der Waals surface area contributed by atoms with E-state index in [1.54, 1.807) is 11.0 Å². The Morgan fingerprint density at radius 3 is 2.54 bits per heavy atom. The first-order chi connectivity index (χ1) is 19.0. The summed E-state index contributed by atoms with van der Waals surface area (Å²) in [6, 6.07) is 10.6. The van der Waals surface area contributed by atoms with Gasteiger partial charge >= 0.3 is 0 Å². The largest absolute Gasteiger partial charge is 0.490 e. The van der Waals surface area contributed by atoms with Crippen LogP contribution in [0.1, 0.15) is 66.4 Å². The Kier molecular flexibility index (Phi) is 8.53. The predicted octanol–water partition coefficient (Wildman–Crippen LogP) is 4.95. The lowest BCUT2D eigenvalue weighted by atomic mass is 9.97. The standard InChI is InChI=1S/C31H38N2O6/c1-4-6-7-16-38-25-11-9-22(20-26(25)37-5-2)28-27-29(34)23-19-21(3)8-10-24(23)39-30(27)31(35)33(28)13-12-32-14-17-36-18-15-32/h8-11,19-20,28H,4-7,12-18H2,1-3H3. The van der Waals surface area contributed by atoms with E-state index in [-0.39, 0.29) is 17.1 Å². The Morgan fingerprint density at radius 2 is 1.77 bits per heavy atom. The number of fused-ring (bicyclic) bond motifs is 2. The average Bonchev–Trinajstić information content (AvgIpc) is 3.23. The average molecular weight is 535 g/mol. The summed E-state index contributed by atoms with van der Waals surface area (Å²) in [5.41, 5.74) is 2.41. The molecule has 1 saturated heterocycles. The van der Waals surface area contributed by atoms with Gasteiger partial charge in [0.05, 0.1) is 43.4 Å². The van der Waals surface area contributed by atoms with Gasteiger partial charge < -0.3 is 23.5 Å². The third kappa shape index (κ3) is 5.68. The molecule has 1 aromatic heterocycles. The maximum Gasteiger partial charge on any atom is 0.290 e. The first-order valence-corrected chi connectivity index (χ1v) is 14.1. The van der Waals surface area contributed by atoms with Crippen LogP contribution in [-0.2, 0) is 4.74 Å². The SMILES string of the molecule is CCCCCOc1ccc(C2c3c(oc4ccc(C)cc4c3=O)C(=O)N2CCN2CCOCC2)cc1OCC. The van der Waals surface area contributed by atoms with Crippen molar-refractivity contribution >= 4 is 16.9 Å². The molecule has 2 aliphatic heterocycles. The predicted molar refractivity (Wildman–Crippen MR) is 150 cm³/mol. The Hall–Kier alpha value is -3.36. The zero-order chi connectivity index (χ0) is 27.4. The number of benzene rings is 2. The smallest absolute Gasteiger partial charge is 0.290 e. The molecule has 2 aliphatic rings. The highest BCUT2D eigenvalue weighted by atomic mass is 16.5. The van der Waals surface area contributed by atoms with Crippen molar-refractivity contribution in [3.05, 3.63) is 69.1 Å². The van der Waals surface area contributed by atoms with Crippen molar-refractivity contribution in [1.82, 2.24) is 9.80 Å². The van der Waals surface area contributed by atoms with Gasteiger partial charge in [-0.25, -0.2) is 0 Å². The van der Waals surface area contributed by atoms with E-state index in [0.717, 1.165) is 43.5 Å². The van der Waals surface area contributed by atoms with E-state index in [9.17, 15) is 9.59 Å². The molecule has 39 heavy (non-hydrogen) atoms. The minimum Gasteiger partial charge on any atom is -0.490 e. The van der Waals surface area contributed by atoms with Gasteiger partial charge in [-0.2, -0.15) is 0 Å². The summed E-state index contributed by atoms with van der Waals surface area (Å²) in [7, 11) is 0. The summed E-state index contributed by atoms with van der Waals surface area (Å²) in [4.78, 5) is 31.8. The molecule has 0 bridgehead atoms. The summed E-state index contributed by atoms with van der Waals surface area (Å²) in [5, 5.41) is 0.488. The molecule has 8 heteroatoms. The van der Waals surface area contributed by atoms with Crippen LogP contribution >= 0.6 is 0 Å². The van der Waals surface area contributed by atoms with Crippen LogP contribution in [0.3, 0.4) is 0 Å². The molecule has 3 heterocycles. The molecule has 0 radical (unpaired) electrons. The monoisotopic (exact) mass is 534 g/mol. The third-order valence-electron chi connectivity index (χ3n) is 7.47. The second kappa shape index (κ2) is 12.2. The Balaban J connectivity index is 1.55. The minimum atomic E-state index is -0.581. The number of aryl methyl sites for hydroxylation is 1. The maximum absolute atomic E-state index is 13.9. The van der Waals surface area contributed by atoms with Gasteiger partial charge in [0.1, 0.15) is 5.58 Å². The fourth-order valence-corrected chi connectivity index (χ4v) is 5.40. The first-order valence-electron chi connectivity index (χ1n) is 14.1. The maximum atomic E-state index is 13.9. The molecule has 1 amide bonds. The lowest BCUT2D eigenvalue weighted by Crippen LogP contribution is -2.42. The third-order valence-corrected chi connectivity index (χ3v) is 7.47. The summed E-state index contributed by atoms with van der Waals surface area (Å²) in [5.74, 6) is 1.14. The van der Waals surface area contributed by atoms with Crippen LogP contribution < -0.4 is 14.9 Å². The number of rotatable bonds is 11. The van der Waals surface area contributed by atoms with Crippen molar-refractivity contribution in [3.8, 4) is 11.5 Å². The van der Waals surface area contributed by atoms with E-state index in [1.807, 2.05) is 44.2 Å². The van der Waals surface area contributed by atoms with Gasteiger partial charge in [-0.3, -0.25) is 14.5 Å². The van der Waals surface area contributed by atoms with Gasteiger partial charge in [-0.05, 0) is 50.1 Å². The van der Waals surface area contributed by atoms with Crippen LogP contribution in [0.5, 0.6) is 11.5 Å². The highest BCUT2D eigenvalue weighted by Gasteiger charge is 2.43. The second-order valence-electron chi connectivity index (χ2n) is 10.2. The summed E-state index contributed by atoms with van der Waals surface area (Å²) in [6.45, 7) is 11.3. The van der Waals surface area contributed by atoms with Gasteiger partial charge in [0.2, 0.25) is 5.76 Å². The lowest BCUT2D eigenvalue weighted by Gasteiger charge is -2.31. The zero-order valence-corrected chi connectivity index (χ0v) is 23.2. The normalized spacial score (nSPS) is 17.6. The van der Waals surface area contributed by atoms with Crippen molar-refractivity contribution in [1.29, 1.82) is 0 Å². The zero-order valence-electron chi connectivity index (χ0n) is 23.2. The number of carbonyl (C=O) groups excluding carboxylic acids is 1. The number of nitrogens with zero attached hydrogens (tertiary/aromatic N) is 2. The number of amides is 1. The molecular weight excluding hydrogens is 496 g/mol. The molecule has 5 rings (SSSR count). The number of unbranched alkanes of at least 4 members (excludes halogenated alkanes) is 2. The highest BCUT2D eigenvalue weighted by Crippen LogP contribution is 2.41. The molecule has 2 aromatic carbocycles.